The second-order valence-electron chi connectivity index (χ2n) is 8.37. The van der Waals surface area contributed by atoms with Crippen LogP contribution in [0.4, 0.5) is 13.2 Å². The first kappa shape index (κ1) is 28.5. The SMILES string of the molecule is CCOC(=O)CCc1ccc(Sc2c(F)c(F)nc(Oc3cc(C#N)ccc3OCc3ccccc3)c2F)cc1. The number of nitriles is 1. The highest BCUT2D eigenvalue weighted by atomic mass is 32.2. The molecule has 0 aliphatic carbocycles. The summed E-state index contributed by atoms with van der Waals surface area (Å²) in [5, 5.41) is 9.30. The molecule has 0 aliphatic rings. The number of benzene rings is 3. The summed E-state index contributed by atoms with van der Waals surface area (Å²) in [5.41, 5.74) is 1.85. The largest absolute Gasteiger partial charge is 0.485 e. The molecular formula is C30H23F3N2O4S. The van der Waals surface area contributed by atoms with E-state index in [1.807, 2.05) is 36.4 Å². The lowest BCUT2D eigenvalue weighted by atomic mass is 10.1. The van der Waals surface area contributed by atoms with Crippen LogP contribution in [0.2, 0.25) is 0 Å². The summed E-state index contributed by atoms with van der Waals surface area (Å²) in [6, 6.07) is 22.0. The van der Waals surface area contributed by atoms with Gasteiger partial charge in [-0.15, -0.1) is 0 Å². The Bertz CT molecular complexity index is 1530. The van der Waals surface area contributed by atoms with Crippen molar-refractivity contribution in [3.63, 3.8) is 0 Å². The first-order valence-corrected chi connectivity index (χ1v) is 13.0. The summed E-state index contributed by atoms with van der Waals surface area (Å²) in [5.74, 6) is -5.30. The molecule has 1 heterocycles. The van der Waals surface area contributed by atoms with Crippen molar-refractivity contribution in [2.75, 3.05) is 6.61 Å². The number of carbonyl (C=O) groups is 1. The summed E-state index contributed by atoms with van der Waals surface area (Å²) in [7, 11) is 0. The molecule has 4 rings (SSSR count). The van der Waals surface area contributed by atoms with Gasteiger partial charge in [0.05, 0.1) is 23.1 Å². The molecule has 0 radical (unpaired) electrons. The van der Waals surface area contributed by atoms with E-state index >= 15 is 4.39 Å². The van der Waals surface area contributed by atoms with Gasteiger partial charge in [0.2, 0.25) is 5.82 Å². The molecule has 0 atom stereocenters. The normalized spacial score (nSPS) is 10.6. The van der Waals surface area contributed by atoms with Crippen LogP contribution in [0.15, 0.2) is 82.6 Å². The minimum atomic E-state index is -1.55. The van der Waals surface area contributed by atoms with Gasteiger partial charge in [0, 0.05) is 17.4 Å². The van der Waals surface area contributed by atoms with Crippen molar-refractivity contribution in [1.82, 2.24) is 4.98 Å². The molecule has 4 aromatic rings. The van der Waals surface area contributed by atoms with Gasteiger partial charge in [-0.25, -0.2) is 4.39 Å². The number of pyridine rings is 1. The maximum Gasteiger partial charge on any atom is 0.306 e. The Morgan fingerprint density at radius 2 is 1.70 bits per heavy atom. The van der Waals surface area contributed by atoms with Gasteiger partial charge in [0.1, 0.15) is 6.61 Å². The van der Waals surface area contributed by atoms with Crippen molar-refractivity contribution in [3.8, 4) is 23.4 Å². The van der Waals surface area contributed by atoms with Gasteiger partial charge in [-0.1, -0.05) is 54.2 Å². The third kappa shape index (κ3) is 7.33. The average molecular weight is 565 g/mol. The number of ether oxygens (including phenoxy) is 3. The number of hydrogen-bond acceptors (Lipinski definition) is 7. The molecule has 1 aromatic heterocycles. The number of halogens is 3. The van der Waals surface area contributed by atoms with Crippen LogP contribution in [0, 0.1) is 28.9 Å². The summed E-state index contributed by atoms with van der Waals surface area (Å²) in [6.07, 6.45) is 0.634. The van der Waals surface area contributed by atoms with Crippen LogP contribution in [0.5, 0.6) is 17.4 Å². The standard InChI is InChI=1S/C30H23F3N2O4S/c1-2-37-25(36)15-11-19-8-12-22(13-9-19)40-28-26(31)29(33)35-30(27(28)32)39-24-16-21(17-34)10-14-23(24)38-18-20-6-4-3-5-7-20/h3-10,12-14,16H,2,11,15,18H2,1H3. The minimum Gasteiger partial charge on any atom is -0.485 e. The molecule has 6 nitrogen and oxygen atoms in total. The molecule has 0 spiro atoms. The van der Waals surface area contributed by atoms with E-state index in [9.17, 15) is 18.8 Å². The number of rotatable bonds is 11. The second-order valence-corrected chi connectivity index (χ2v) is 9.45. The fourth-order valence-electron chi connectivity index (χ4n) is 3.57. The van der Waals surface area contributed by atoms with Gasteiger partial charge >= 0.3 is 5.97 Å². The molecule has 0 aliphatic heterocycles. The van der Waals surface area contributed by atoms with Crippen molar-refractivity contribution < 1.29 is 32.2 Å². The van der Waals surface area contributed by atoms with E-state index in [1.54, 1.807) is 31.2 Å². The number of aryl methyl sites for hydroxylation is 1. The summed E-state index contributed by atoms with van der Waals surface area (Å²) in [6.45, 7) is 2.17. The fourth-order valence-corrected chi connectivity index (χ4v) is 4.43. The molecule has 0 saturated heterocycles. The monoisotopic (exact) mass is 564 g/mol. The van der Waals surface area contributed by atoms with Crippen molar-refractivity contribution in [1.29, 1.82) is 5.26 Å². The molecule has 0 fully saturated rings. The molecule has 40 heavy (non-hydrogen) atoms. The Kier molecular flexibility index (Phi) is 9.65. The number of carbonyl (C=O) groups excluding carboxylic acids is 1. The van der Waals surface area contributed by atoms with E-state index in [0.717, 1.165) is 11.1 Å². The zero-order valence-corrected chi connectivity index (χ0v) is 22.1. The third-order valence-electron chi connectivity index (χ3n) is 5.55. The van der Waals surface area contributed by atoms with Gasteiger partial charge in [0.25, 0.3) is 11.8 Å². The zero-order chi connectivity index (χ0) is 28.5. The van der Waals surface area contributed by atoms with E-state index in [1.165, 1.54) is 18.2 Å². The highest BCUT2D eigenvalue weighted by molar-refractivity contribution is 7.99. The highest BCUT2D eigenvalue weighted by Crippen LogP contribution is 2.39. The van der Waals surface area contributed by atoms with Gasteiger partial charge in [0.15, 0.2) is 17.3 Å². The molecule has 0 saturated carbocycles. The van der Waals surface area contributed by atoms with Crippen molar-refractivity contribution in [2.45, 2.75) is 36.2 Å². The number of hydrogen-bond donors (Lipinski definition) is 0. The van der Waals surface area contributed by atoms with E-state index < -0.39 is 28.4 Å². The van der Waals surface area contributed by atoms with Gasteiger partial charge in [-0.2, -0.15) is 19.0 Å². The average Bonchev–Trinajstić information content (AvgIpc) is 2.97. The smallest absolute Gasteiger partial charge is 0.306 e. The number of aromatic nitrogens is 1. The van der Waals surface area contributed by atoms with Crippen LogP contribution in [0.25, 0.3) is 0 Å². The molecule has 10 heteroatoms. The summed E-state index contributed by atoms with van der Waals surface area (Å²) >= 11 is 0.655. The topological polar surface area (TPSA) is 81.4 Å². The maximum absolute atomic E-state index is 15.4. The van der Waals surface area contributed by atoms with E-state index in [4.69, 9.17) is 14.2 Å². The number of nitrogens with zero attached hydrogens (tertiary/aromatic N) is 2. The summed E-state index contributed by atoms with van der Waals surface area (Å²) < 4.78 is 60.8. The Morgan fingerprint density at radius 1 is 0.950 bits per heavy atom. The Morgan fingerprint density at radius 3 is 2.40 bits per heavy atom. The van der Waals surface area contributed by atoms with Gasteiger partial charge in [-0.05, 0) is 48.7 Å². The van der Waals surface area contributed by atoms with Gasteiger partial charge in [-0.3, -0.25) is 4.79 Å². The van der Waals surface area contributed by atoms with Crippen molar-refractivity contribution in [3.05, 3.63) is 107 Å². The van der Waals surface area contributed by atoms with Gasteiger partial charge < -0.3 is 14.2 Å². The lowest BCUT2D eigenvalue weighted by molar-refractivity contribution is -0.143. The molecular weight excluding hydrogens is 541 g/mol. The lowest BCUT2D eigenvalue weighted by Gasteiger charge is -2.14. The summed E-state index contributed by atoms with van der Waals surface area (Å²) in [4.78, 5) is 14.7. The molecule has 0 unspecified atom stereocenters. The van der Waals surface area contributed by atoms with Crippen LogP contribution in [0.1, 0.15) is 30.0 Å². The molecule has 0 N–H and O–H groups in total. The second kappa shape index (κ2) is 13.5. The molecule has 204 valence electrons. The lowest BCUT2D eigenvalue weighted by Crippen LogP contribution is -2.05. The third-order valence-corrected chi connectivity index (χ3v) is 6.62. The predicted molar refractivity (Wildman–Crippen MR) is 142 cm³/mol. The predicted octanol–water partition coefficient (Wildman–Crippen LogP) is 7.39. The van der Waals surface area contributed by atoms with E-state index in [-0.39, 0.29) is 36.1 Å². The van der Waals surface area contributed by atoms with Crippen LogP contribution >= 0.6 is 11.8 Å². The minimum absolute atomic E-state index is 0.0886. The van der Waals surface area contributed by atoms with Crippen LogP contribution in [0.3, 0.4) is 0 Å². The number of esters is 1. The fraction of sp³-hybridized carbons (Fsp3) is 0.167. The molecule has 0 amide bonds. The van der Waals surface area contributed by atoms with Crippen molar-refractivity contribution in [2.24, 2.45) is 0 Å². The first-order chi connectivity index (χ1) is 19.4. The Balaban J connectivity index is 1.56. The highest BCUT2D eigenvalue weighted by Gasteiger charge is 2.24. The van der Waals surface area contributed by atoms with Crippen molar-refractivity contribution >= 4 is 17.7 Å². The maximum atomic E-state index is 15.4. The van der Waals surface area contributed by atoms with Crippen LogP contribution in [-0.2, 0) is 22.6 Å². The molecule has 0 bridgehead atoms. The zero-order valence-electron chi connectivity index (χ0n) is 21.3. The Labute approximate surface area is 233 Å². The van der Waals surface area contributed by atoms with Crippen LogP contribution in [-0.4, -0.2) is 17.6 Å². The van der Waals surface area contributed by atoms with E-state index in [2.05, 4.69) is 4.98 Å². The Hall–Kier alpha value is -4.49. The van der Waals surface area contributed by atoms with Crippen LogP contribution < -0.4 is 9.47 Å². The van der Waals surface area contributed by atoms with E-state index in [0.29, 0.717) is 29.7 Å². The quantitative estimate of drug-likeness (QED) is 0.139. The molecule has 3 aromatic carbocycles. The first-order valence-electron chi connectivity index (χ1n) is 12.2.